The van der Waals surface area contributed by atoms with Crippen LogP contribution in [0.2, 0.25) is 0 Å². The molecule has 2 heterocycles. The van der Waals surface area contributed by atoms with Gasteiger partial charge in [0, 0.05) is 37.7 Å². The molecule has 2 aromatic rings. The first-order chi connectivity index (χ1) is 12.7. The summed E-state index contributed by atoms with van der Waals surface area (Å²) >= 11 is 0. The quantitative estimate of drug-likeness (QED) is 0.845. The second-order valence-electron chi connectivity index (χ2n) is 6.56. The van der Waals surface area contributed by atoms with E-state index in [1.54, 1.807) is 29.2 Å². The lowest BCUT2D eigenvalue weighted by atomic mass is 10.1. The van der Waals surface area contributed by atoms with Crippen LogP contribution in [-0.4, -0.2) is 42.0 Å². The number of hydrogen-bond donors (Lipinski definition) is 0. The Labute approximate surface area is 151 Å². The monoisotopic (exact) mass is 347 g/mol. The molecule has 130 valence electrons. The van der Waals surface area contributed by atoms with Crippen LogP contribution in [0.4, 0.5) is 5.88 Å². The van der Waals surface area contributed by atoms with E-state index in [0.29, 0.717) is 60.7 Å². The molecule has 1 aliphatic heterocycles. The Morgan fingerprint density at radius 2 is 1.77 bits per heavy atom. The van der Waals surface area contributed by atoms with Gasteiger partial charge in [0.25, 0.3) is 5.91 Å². The van der Waals surface area contributed by atoms with Gasteiger partial charge in [-0.1, -0.05) is 0 Å². The van der Waals surface area contributed by atoms with Gasteiger partial charge in [0.05, 0.1) is 11.6 Å². The molecule has 0 radical (unpaired) electrons. The molecular weight excluding hydrogens is 330 g/mol. The van der Waals surface area contributed by atoms with E-state index in [4.69, 9.17) is 9.68 Å². The van der Waals surface area contributed by atoms with E-state index in [2.05, 4.69) is 11.1 Å². The zero-order valence-corrected chi connectivity index (χ0v) is 14.2. The lowest BCUT2D eigenvalue weighted by molar-refractivity contribution is 0.0745. The second kappa shape index (κ2) is 6.53. The Kier molecular flexibility index (Phi) is 4.06. The number of piperazine rings is 1. The maximum atomic E-state index is 12.6. The van der Waals surface area contributed by atoms with Crippen molar-refractivity contribution in [1.82, 2.24) is 9.88 Å². The summed E-state index contributed by atoms with van der Waals surface area (Å²) in [6.07, 6.45) is 2.13. The van der Waals surface area contributed by atoms with Crippen LogP contribution in [0.25, 0.3) is 0 Å². The molecule has 4 rings (SSSR count). The molecular formula is C19H17N5O2. The third-order valence-electron chi connectivity index (χ3n) is 4.77. The van der Waals surface area contributed by atoms with Crippen LogP contribution in [0, 0.1) is 22.7 Å². The number of nitrogens with zero attached hydrogens (tertiary/aromatic N) is 5. The molecule has 1 saturated carbocycles. The lowest BCUT2D eigenvalue weighted by Gasteiger charge is -2.34. The Balaban J connectivity index is 1.43. The Hall–Kier alpha value is -3.32. The zero-order valence-electron chi connectivity index (χ0n) is 14.2. The predicted molar refractivity (Wildman–Crippen MR) is 92.5 cm³/mol. The fourth-order valence-electron chi connectivity index (χ4n) is 3.10. The minimum absolute atomic E-state index is 0.0501. The number of benzene rings is 1. The van der Waals surface area contributed by atoms with E-state index >= 15 is 0 Å². The lowest BCUT2D eigenvalue weighted by Crippen LogP contribution is -2.48. The number of amides is 1. The third kappa shape index (κ3) is 3.00. The maximum Gasteiger partial charge on any atom is 0.253 e. The van der Waals surface area contributed by atoms with Crippen molar-refractivity contribution in [3.05, 3.63) is 47.0 Å². The summed E-state index contributed by atoms with van der Waals surface area (Å²) in [6, 6.07) is 10.8. The molecule has 0 unspecified atom stereocenters. The summed E-state index contributed by atoms with van der Waals surface area (Å²) in [7, 11) is 0. The van der Waals surface area contributed by atoms with Crippen LogP contribution >= 0.6 is 0 Å². The molecule has 2 fully saturated rings. The van der Waals surface area contributed by atoms with Crippen LogP contribution in [0.1, 0.15) is 46.3 Å². The van der Waals surface area contributed by atoms with E-state index in [1.807, 2.05) is 11.0 Å². The number of carbonyl (C=O) groups excluding carboxylic acids is 1. The molecule has 1 aromatic heterocycles. The number of oxazole rings is 1. The van der Waals surface area contributed by atoms with Gasteiger partial charge >= 0.3 is 0 Å². The fourth-order valence-corrected chi connectivity index (χ4v) is 3.10. The van der Waals surface area contributed by atoms with Crippen LogP contribution in [-0.2, 0) is 0 Å². The Morgan fingerprint density at radius 1 is 1.08 bits per heavy atom. The van der Waals surface area contributed by atoms with Gasteiger partial charge in [0.2, 0.25) is 17.5 Å². The molecule has 1 amide bonds. The topological polar surface area (TPSA) is 97.2 Å². The van der Waals surface area contributed by atoms with Crippen molar-refractivity contribution in [2.45, 2.75) is 18.8 Å². The molecule has 0 atom stereocenters. The van der Waals surface area contributed by atoms with Crippen molar-refractivity contribution in [3.63, 3.8) is 0 Å². The average molecular weight is 347 g/mol. The summed E-state index contributed by atoms with van der Waals surface area (Å²) in [5.41, 5.74) is 1.44. The highest BCUT2D eigenvalue weighted by molar-refractivity contribution is 5.94. The van der Waals surface area contributed by atoms with Crippen molar-refractivity contribution in [1.29, 1.82) is 10.5 Å². The summed E-state index contributed by atoms with van der Waals surface area (Å²) in [5, 5.41) is 18.2. The van der Waals surface area contributed by atoms with Gasteiger partial charge in [-0.2, -0.15) is 10.5 Å². The van der Waals surface area contributed by atoms with Gasteiger partial charge in [0.15, 0.2) is 0 Å². The highest BCUT2D eigenvalue weighted by Crippen LogP contribution is 2.41. The zero-order chi connectivity index (χ0) is 18.1. The molecule has 0 N–H and O–H groups in total. The SMILES string of the molecule is N#Cc1ccc(C(=O)N2CCN(c3oc(C4CC4)nc3C#N)CC2)cc1. The van der Waals surface area contributed by atoms with Crippen molar-refractivity contribution in [2.75, 3.05) is 31.1 Å². The van der Waals surface area contributed by atoms with Gasteiger partial charge in [-0.05, 0) is 37.1 Å². The molecule has 1 aliphatic carbocycles. The summed E-state index contributed by atoms with van der Waals surface area (Å²) in [4.78, 5) is 20.7. The first-order valence-electron chi connectivity index (χ1n) is 8.65. The van der Waals surface area contributed by atoms with Crippen molar-refractivity contribution in [3.8, 4) is 12.1 Å². The Morgan fingerprint density at radius 3 is 2.35 bits per heavy atom. The van der Waals surface area contributed by atoms with Gasteiger partial charge < -0.3 is 14.2 Å². The molecule has 26 heavy (non-hydrogen) atoms. The second-order valence-corrected chi connectivity index (χ2v) is 6.56. The predicted octanol–water partition coefficient (Wildman–Crippen LogP) is 2.26. The molecule has 1 saturated heterocycles. The van der Waals surface area contributed by atoms with E-state index in [9.17, 15) is 10.1 Å². The highest BCUT2D eigenvalue weighted by atomic mass is 16.4. The molecule has 7 heteroatoms. The van der Waals surface area contributed by atoms with Crippen LogP contribution in [0.3, 0.4) is 0 Å². The number of carbonyl (C=O) groups is 1. The fraction of sp³-hybridized carbons (Fsp3) is 0.368. The van der Waals surface area contributed by atoms with Crippen molar-refractivity contribution >= 4 is 11.8 Å². The number of anilines is 1. The summed E-state index contributed by atoms with van der Waals surface area (Å²) in [6.45, 7) is 2.28. The van der Waals surface area contributed by atoms with Crippen LogP contribution in [0.15, 0.2) is 28.7 Å². The van der Waals surface area contributed by atoms with Crippen LogP contribution < -0.4 is 4.90 Å². The van der Waals surface area contributed by atoms with Crippen LogP contribution in [0.5, 0.6) is 0 Å². The van der Waals surface area contributed by atoms with Gasteiger partial charge in [0.1, 0.15) is 6.07 Å². The first kappa shape index (κ1) is 16.2. The molecule has 7 nitrogen and oxygen atoms in total. The molecule has 0 bridgehead atoms. The Bertz CT molecular complexity index is 907. The minimum Gasteiger partial charge on any atom is -0.423 e. The van der Waals surface area contributed by atoms with Crippen molar-refractivity contribution in [2.24, 2.45) is 0 Å². The summed E-state index contributed by atoms with van der Waals surface area (Å²) < 4.78 is 5.83. The smallest absolute Gasteiger partial charge is 0.253 e. The largest absolute Gasteiger partial charge is 0.423 e. The van der Waals surface area contributed by atoms with Gasteiger partial charge in [-0.15, -0.1) is 0 Å². The minimum atomic E-state index is -0.0501. The number of nitriles is 2. The van der Waals surface area contributed by atoms with E-state index in [1.165, 1.54) is 0 Å². The normalized spacial score (nSPS) is 16.8. The van der Waals surface area contributed by atoms with E-state index in [0.717, 1.165) is 12.8 Å². The van der Waals surface area contributed by atoms with E-state index in [-0.39, 0.29) is 5.91 Å². The van der Waals surface area contributed by atoms with E-state index < -0.39 is 0 Å². The maximum absolute atomic E-state index is 12.6. The molecule has 0 spiro atoms. The average Bonchev–Trinajstić information content (AvgIpc) is 3.46. The van der Waals surface area contributed by atoms with Gasteiger partial charge in [-0.3, -0.25) is 4.79 Å². The third-order valence-corrected chi connectivity index (χ3v) is 4.77. The molecule has 1 aromatic carbocycles. The summed E-state index contributed by atoms with van der Waals surface area (Å²) in [5.74, 6) is 1.49. The van der Waals surface area contributed by atoms with Crippen molar-refractivity contribution < 1.29 is 9.21 Å². The highest BCUT2D eigenvalue weighted by Gasteiger charge is 2.32. The molecule has 2 aliphatic rings. The first-order valence-corrected chi connectivity index (χ1v) is 8.65. The number of aromatic nitrogens is 1. The standard InChI is InChI=1S/C19H17N5O2/c20-11-13-1-3-15(4-2-13)18(25)23-7-9-24(10-8-23)19-16(12-21)22-17(26-19)14-5-6-14/h1-4,14H,5-10H2. The van der Waals surface area contributed by atoms with Gasteiger partial charge in [-0.25, -0.2) is 4.98 Å². The number of hydrogen-bond acceptors (Lipinski definition) is 6. The number of rotatable bonds is 3.